The summed E-state index contributed by atoms with van der Waals surface area (Å²) in [5.74, 6) is -0.128. The highest BCUT2D eigenvalue weighted by atomic mass is 16.7. The minimum Gasteiger partial charge on any atom is -0.459 e. The van der Waals surface area contributed by atoms with Crippen LogP contribution in [-0.4, -0.2) is 103 Å². The van der Waals surface area contributed by atoms with Crippen LogP contribution in [0.3, 0.4) is 0 Å². The molecule has 6 fully saturated rings. The zero-order valence-electron chi connectivity index (χ0n) is 27.0. The van der Waals surface area contributed by atoms with Crippen LogP contribution in [0.1, 0.15) is 77.2 Å². The van der Waals surface area contributed by atoms with E-state index in [1.165, 1.54) is 19.3 Å². The van der Waals surface area contributed by atoms with Gasteiger partial charge in [-0.3, -0.25) is 9.69 Å². The van der Waals surface area contributed by atoms with Gasteiger partial charge in [0.15, 0.2) is 0 Å². The van der Waals surface area contributed by atoms with E-state index in [1.807, 2.05) is 0 Å². The first kappa shape index (κ1) is 31.1. The lowest BCUT2D eigenvalue weighted by Gasteiger charge is -2.64. The number of piperazine rings is 1. The SMILES string of the molecule is CC(=O)O[C@H]1[C@H]2O[C@]23[C@@H]2CC[C@]4(O)C[C@@H](OC(=O)OCCN5CCN(C)CC5)CC[C@]4(C)[C@H]2CC[C@]3(C)[C@H]1c1ccc(=O)oc1. The summed E-state index contributed by atoms with van der Waals surface area (Å²) < 4.78 is 29.1. The number of nitrogens with zero attached hydrogens (tertiary/aromatic N) is 2. The van der Waals surface area contributed by atoms with Gasteiger partial charge in [-0.25, -0.2) is 9.59 Å². The fourth-order valence-electron chi connectivity index (χ4n) is 10.7. The Bertz CT molecular complexity index is 1360. The van der Waals surface area contributed by atoms with Crippen molar-refractivity contribution in [3.63, 3.8) is 0 Å². The van der Waals surface area contributed by atoms with Gasteiger partial charge in [0, 0.05) is 63.5 Å². The predicted molar refractivity (Wildman–Crippen MR) is 161 cm³/mol. The fourth-order valence-corrected chi connectivity index (χ4v) is 10.7. The van der Waals surface area contributed by atoms with Crippen LogP contribution in [0.15, 0.2) is 27.6 Å². The van der Waals surface area contributed by atoms with Gasteiger partial charge in [-0.05, 0) is 74.5 Å². The molecule has 1 aromatic rings. The molecule has 10 atom stereocenters. The van der Waals surface area contributed by atoms with Gasteiger partial charge in [0.2, 0.25) is 0 Å². The number of hydrogen-bond donors (Lipinski definition) is 1. The third-order valence-corrected chi connectivity index (χ3v) is 13.1. The third kappa shape index (κ3) is 4.86. The lowest BCUT2D eigenvalue weighted by atomic mass is 9.42. The summed E-state index contributed by atoms with van der Waals surface area (Å²) in [7, 11) is 2.11. The molecule has 11 nitrogen and oxygen atoms in total. The second-order valence-electron chi connectivity index (χ2n) is 15.2. The molecule has 1 spiro atoms. The Kier molecular flexibility index (Phi) is 7.66. The average molecular weight is 629 g/mol. The molecule has 1 N–H and O–H groups in total. The lowest BCUT2D eigenvalue weighted by molar-refractivity contribution is -0.225. The topological polar surface area (TPSA) is 131 Å². The molecule has 4 aliphatic carbocycles. The molecule has 2 saturated heterocycles. The highest BCUT2D eigenvalue weighted by Crippen LogP contribution is 2.78. The van der Waals surface area contributed by atoms with Crippen LogP contribution in [0, 0.1) is 22.7 Å². The van der Waals surface area contributed by atoms with Gasteiger partial charge in [0.25, 0.3) is 0 Å². The van der Waals surface area contributed by atoms with E-state index in [4.69, 9.17) is 23.4 Å². The number of hydrogen-bond acceptors (Lipinski definition) is 11. The average Bonchev–Trinajstić information content (AvgIpc) is 3.69. The molecule has 4 saturated carbocycles. The maximum atomic E-state index is 12.6. The minimum atomic E-state index is -0.970. The Labute approximate surface area is 264 Å². The van der Waals surface area contributed by atoms with E-state index >= 15 is 0 Å². The molecule has 6 aliphatic rings. The first-order valence-corrected chi connectivity index (χ1v) is 16.8. The van der Waals surface area contributed by atoms with Crippen molar-refractivity contribution in [2.75, 3.05) is 46.4 Å². The summed E-state index contributed by atoms with van der Waals surface area (Å²) in [6.07, 6.45) is 4.66. The number of fused-ring (bicyclic) bond motifs is 3. The maximum Gasteiger partial charge on any atom is 0.508 e. The molecule has 1 aromatic heterocycles. The molecule has 45 heavy (non-hydrogen) atoms. The Morgan fingerprint density at radius 1 is 1.00 bits per heavy atom. The smallest absolute Gasteiger partial charge is 0.459 e. The highest BCUT2D eigenvalue weighted by Gasteiger charge is 2.85. The first-order valence-electron chi connectivity index (χ1n) is 16.8. The molecule has 0 amide bonds. The van der Waals surface area contributed by atoms with E-state index < -0.39 is 29.1 Å². The Balaban J connectivity index is 1.04. The van der Waals surface area contributed by atoms with Crippen molar-refractivity contribution >= 4 is 12.1 Å². The Hall–Kier alpha value is -2.47. The molecule has 3 heterocycles. The largest absolute Gasteiger partial charge is 0.508 e. The summed E-state index contributed by atoms with van der Waals surface area (Å²) in [5.41, 5.74) is -1.72. The monoisotopic (exact) mass is 628 g/mol. The maximum absolute atomic E-state index is 12.6. The van der Waals surface area contributed by atoms with Crippen LogP contribution in [0.5, 0.6) is 0 Å². The van der Waals surface area contributed by atoms with Crippen LogP contribution >= 0.6 is 0 Å². The highest BCUT2D eigenvalue weighted by molar-refractivity contribution is 5.67. The van der Waals surface area contributed by atoms with E-state index in [1.54, 1.807) is 6.07 Å². The Morgan fingerprint density at radius 2 is 1.73 bits per heavy atom. The van der Waals surface area contributed by atoms with Gasteiger partial charge in [0.05, 0.1) is 11.9 Å². The van der Waals surface area contributed by atoms with Crippen molar-refractivity contribution in [3.8, 4) is 0 Å². The molecule has 0 unspecified atom stereocenters. The number of aliphatic hydroxyl groups is 1. The number of esters is 1. The molecular weight excluding hydrogens is 580 g/mol. The van der Waals surface area contributed by atoms with Crippen LogP contribution < -0.4 is 5.63 Å². The lowest BCUT2D eigenvalue weighted by Crippen LogP contribution is -2.65. The standard InChI is InChI=1S/C34H48N2O9/c1-21(37)43-28-27(22-5-6-26(38)42-20-22)32(3)11-8-24-25(34(32)29(28)45-34)9-12-33(40)19-23(7-10-31(24,33)2)44-30(39)41-18-17-36-15-13-35(4)14-16-36/h5-6,20,23-25,27-29,40H,7-19H2,1-4H3/t23-,24-,25+,27-,28+,29+,31+,32+,33-,34+/m0/s1. The van der Waals surface area contributed by atoms with E-state index in [-0.39, 0.29) is 46.8 Å². The van der Waals surface area contributed by atoms with Crippen molar-refractivity contribution < 1.29 is 38.1 Å². The number of epoxide rings is 1. The van der Waals surface area contributed by atoms with Gasteiger partial charge >= 0.3 is 17.8 Å². The summed E-state index contributed by atoms with van der Waals surface area (Å²) in [6.45, 7) is 10.8. The Morgan fingerprint density at radius 3 is 2.44 bits per heavy atom. The van der Waals surface area contributed by atoms with Crippen LogP contribution in [-0.2, 0) is 23.7 Å². The van der Waals surface area contributed by atoms with E-state index in [9.17, 15) is 19.5 Å². The zero-order chi connectivity index (χ0) is 31.8. The van der Waals surface area contributed by atoms with Gasteiger partial charge in [0.1, 0.15) is 30.5 Å². The van der Waals surface area contributed by atoms with Crippen molar-refractivity contribution in [1.82, 2.24) is 9.80 Å². The number of ether oxygens (including phenoxy) is 4. The predicted octanol–water partition coefficient (Wildman–Crippen LogP) is 3.32. The van der Waals surface area contributed by atoms with Crippen LogP contribution in [0.2, 0.25) is 0 Å². The molecule has 0 radical (unpaired) electrons. The number of rotatable bonds is 6. The zero-order valence-corrected chi connectivity index (χ0v) is 27.0. The van der Waals surface area contributed by atoms with Gasteiger partial charge in [-0.1, -0.05) is 13.8 Å². The van der Waals surface area contributed by atoms with Gasteiger partial charge in [-0.2, -0.15) is 0 Å². The van der Waals surface area contributed by atoms with Crippen molar-refractivity contribution in [2.24, 2.45) is 22.7 Å². The summed E-state index contributed by atoms with van der Waals surface area (Å²) >= 11 is 0. The molecule has 0 bridgehead atoms. The quantitative estimate of drug-likeness (QED) is 0.368. The van der Waals surface area contributed by atoms with Crippen LogP contribution in [0.4, 0.5) is 4.79 Å². The number of carbonyl (C=O) groups is 2. The molecule has 248 valence electrons. The second kappa shape index (κ2) is 11.1. The molecule has 11 heteroatoms. The van der Waals surface area contributed by atoms with Crippen LogP contribution in [0.25, 0.3) is 0 Å². The summed E-state index contributed by atoms with van der Waals surface area (Å²) in [5, 5.41) is 12.3. The van der Waals surface area contributed by atoms with E-state index in [2.05, 4.69) is 30.7 Å². The summed E-state index contributed by atoms with van der Waals surface area (Å²) in [4.78, 5) is 41.3. The number of carbonyl (C=O) groups excluding carboxylic acids is 2. The van der Waals surface area contributed by atoms with E-state index in [0.29, 0.717) is 32.4 Å². The van der Waals surface area contributed by atoms with Crippen molar-refractivity contribution in [2.45, 2.75) is 101 Å². The molecular formula is C34H48N2O9. The molecule has 7 rings (SSSR count). The fraction of sp³-hybridized carbons (Fsp3) is 0.794. The third-order valence-electron chi connectivity index (χ3n) is 13.1. The molecule has 2 aliphatic heterocycles. The minimum absolute atomic E-state index is 0.162. The normalized spacial score (nSPS) is 44.1. The summed E-state index contributed by atoms with van der Waals surface area (Å²) in [6, 6.07) is 3.22. The molecule has 0 aromatic carbocycles. The first-order chi connectivity index (χ1) is 21.4. The van der Waals surface area contributed by atoms with E-state index in [0.717, 1.165) is 57.4 Å². The number of likely N-dealkylation sites (N-methyl/N-ethyl adjacent to an activating group) is 1. The van der Waals surface area contributed by atoms with Crippen molar-refractivity contribution in [1.29, 1.82) is 0 Å². The van der Waals surface area contributed by atoms with Gasteiger partial charge in [-0.15, -0.1) is 0 Å². The van der Waals surface area contributed by atoms with Crippen molar-refractivity contribution in [3.05, 3.63) is 34.4 Å². The second-order valence-corrected chi connectivity index (χ2v) is 15.2. The van der Waals surface area contributed by atoms with Gasteiger partial charge < -0.3 is 33.4 Å².